The maximum atomic E-state index is 13.9. The van der Waals surface area contributed by atoms with E-state index in [0.29, 0.717) is 37.6 Å². The zero-order valence-corrected chi connectivity index (χ0v) is 19.7. The molecule has 5 rings (SSSR count). The van der Waals surface area contributed by atoms with E-state index in [1.165, 1.54) is 18.2 Å². The van der Waals surface area contributed by atoms with Crippen LogP contribution in [-0.4, -0.2) is 72.9 Å². The van der Waals surface area contributed by atoms with Gasteiger partial charge in [-0.1, -0.05) is 17.7 Å². The molecule has 0 spiro atoms. The van der Waals surface area contributed by atoms with E-state index < -0.39 is 11.6 Å². The molecule has 0 saturated carbocycles. The van der Waals surface area contributed by atoms with Crippen molar-refractivity contribution in [1.29, 1.82) is 0 Å². The Bertz CT molecular complexity index is 1160. The smallest absolute Gasteiger partial charge is 0.296 e. The summed E-state index contributed by atoms with van der Waals surface area (Å²) in [5.41, 5.74) is 0.780. The number of nitrogens with zero attached hydrogens (tertiary/aromatic N) is 2. The van der Waals surface area contributed by atoms with Crippen molar-refractivity contribution in [1.82, 2.24) is 15.0 Å². The summed E-state index contributed by atoms with van der Waals surface area (Å²) >= 11 is 6.32. The zero-order chi connectivity index (χ0) is 24.4. The quantitative estimate of drug-likeness (QED) is 0.400. The minimum Gasteiger partial charge on any atom is -0.456 e. The fraction of sp³-hybridized carbons (Fsp3) is 0.478. The molecule has 4 atom stereocenters. The molecule has 9 nitrogen and oxygen atoms in total. The standard InChI is InChI=1S/C23H25ClF2N4O5/c1-31-6-3-7-32-17-10-33-20-18(11-34-19(17)20)35-23-28-16-8-13(24)21(29-22(16)30-23)27-9-12-14(25)4-2-5-15(12)26/h2,4-5,8,17-20H,3,6-7,9-11H2,1H3,(H2,27,28,29,30)/t17-,18-,19-,20-/m1/s1. The first-order chi connectivity index (χ1) is 17.0. The molecule has 3 aromatic rings. The maximum absolute atomic E-state index is 13.9. The summed E-state index contributed by atoms with van der Waals surface area (Å²) in [5, 5.41) is 3.13. The molecule has 2 fully saturated rings. The van der Waals surface area contributed by atoms with Crippen molar-refractivity contribution in [3.8, 4) is 6.01 Å². The van der Waals surface area contributed by atoms with Gasteiger partial charge in [0.05, 0.1) is 23.8 Å². The van der Waals surface area contributed by atoms with Crippen LogP contribution in [0.1, 0.15) is 12.0 Å². The summed E-state index contributed by atoms with van der Waals surface area (Å²) in [4.78, 5) is 11.8. The molecule has 12 heteroatoms. The number of aromatic amines is 1. The average molecular weight is 511 g/mol. The van der Waals surface area contributed by atoms with Crippen LogP contribution in [0, 0.1) is 11.6 Å². The summed E-state index contributed by atoms with van der Waals surface area (Å²) in [6, 6.07) is 5.55. The second-order valence-electron chi connectivity index (χ2n) is 8.29. The lowest BCUT2D eigenvalue weighted by molar-refractivity contribution is -0.0395. The lowest BCUT2D eigenvalue weighted by Gasteiger charge is -2.17. The second-order valence-corrected chi connectivity index (χ2v) is 8.70. The van der Waals surface area contributed by atoms with E-state index in [2.05, 4.69) is 20.3 Å². The van der Waals surface area contributed by atoms with Crippen LogP contribution >= 0.6 is 11.6 Å². The minimum atomic E-state index is -0.654. The van der Waals surface area contributed by atoms with Gasteiger partial charge >= 0.3 is 0 Å². The van der Waals surface area contributed by atoms with E-state index in [1.54, 1.807) is 13.2 Å². The highest BCUT2D eigenvalue weighted by Crippen LogP contribution is 2.32. The number of hydrogen-bond acceptors (Lipinski definition) is 8. The Morgan fingerprint density at radius 1 is 1.11 bits per heavy atom. The van der Waals surface area contributed by atoms with Gasteiger partial charge in [-0.2, -0.15) is 4.98 Å². The van der Waals surface area contributed by atoms with Crippen molar-refractivity contribution in [3.05, 3.63) is 46.5 Å². The molecule has 2 saturated heterocycles. The molecule has 2 aliphatic heterocycles. The van der Waals surface area contributed by atoms with Crippen molar-refractivity contribution in [2.45, 2.75) is 37.4 Å². The van der Waals surface area contributed by atoms with E-state index in [1.807, 2.05) is 0 Å². The van der Waals surface area contributed by atoms with Crippen LogP contribution < -0.4 is 10.1 Å². The van der Waals surface area contributed by atoms with E-state index in [4.69, 9.17) is 35.3 Å². The van der Waals surface area contributed by atoms with Crippen LogP contribution in [0.3, 0.4) is 0 Å². The van der Waals surface area contributed by atoms with Gasteiger partial charge in [-0.25, -0.2) is 13.8 Å². The Morgan fingerprint density at radius 2 is 1.86 bits per heavy atom. The third-order valence-corrected chi connectivity index (χ3v) is 6.24. The van der Waals surface area contributed by atoms with Gasteiger partial charge in [0.1, 0.15) is 35.8 Å². The number of halogens is 3. The lowest BCUT2D eigenvalue weighted by atomic mass is 10.1. The Kier molecular flexibility index (Phi) is 7.30. The highest BCUT2D eigenvalue weighted by Gasteiger charge is 2.49. The van der Waals surface area contributed by atoms with Gasteiger partial charge in [0.15, 0.2) is 11.8 Å². The van der Waals surface area contributed by atoms with Crippen molar-refractivity contribution in [3.63, 3.8) is 0 Å². The van der Waals surface area contributed by atoms with Crippen molar-refractivity contribution >= 4 is 28.6 Å². The lowest BCUT2D eigenvalue weighted by Crippen LogP contribution is -2.35. The largest absolute Gasteiger partial charge is 0.456 e. The molecule has 1 aromatic carbocycles. The van der Waals surface area contributed by atoms with Crippen LogP contribution in [0.15, 0.2) is 24.3 Å². The molecule has 0 unspecified atom stereocenters. The first kappa shape index (κ1) is 24.1. The number of anilines is 1. The number of hydrogen-bond donors (Lipinski definition) is 2. The van der Waals surface area contributed by atoms with E-state index in [9.17, 15) is 8.78 Å². The Morgan fingerprint density at radius 3 is 2.63 bits per heavy atom. The highest BCUT2D eigenvalue weighted by molar-refractivity contribution is 6.33. The number of fused-ring (bicyclic) bond motifs is 2. The normalized spacial score (nSPS) is 23.7. The van der Waals surface area contributed by atoms with E-state index >= 15 is 0 Å². The molecule has 2 aromatic heterocycles. The van der Waals surface area contributed by atoms with Crippen molar-refractivity contribution in [2.75, 3.05) is 38.9 Å². The van der Waals surface area contributed by atoms with Crippen LogP contribution in [0.25, 0.3) is 11.2 Å². The number of methoxy groups -OCH3 is 1. The Hall–Kier alpha value is -2.57. The number of imidazole rings is 1. The summed E-state index contributed by atoms with van der Waals surface area (Å²) < 4.78 is 56.5. The number of rotatable bonds is 10. The number of benzene rings is 1. The number of pyridine rings is 1. The van der Waals surface area contributed by atoms with Crippen molar-refractivity contribution in [2.24, 2.45) is 0 Å². The molecule has 188 valence electrons. The minimum absolute atomic E-state index is 0.107. The summed E-state index contributed by atoms with van der Waals surface area (Å²) in [6.45, 7) is 1.83. The number of ether oxygens (including phenoxy) is 5. The van der Waals surface area contributed by atoms with E-state index in [0.717, 1.165) is 6.42 Å². The summed E-state index contributed by atoms with van der Waals surface area (Å²) in [7, 11) is 1.66. The highest BCUT2D eigenvalue weighted by atomic mass is 35.5. The first-order valence-corrected chi connectivity index (χ1v) is 11.6. The van der Waals surface area contributed by atoms with Crippen LogP contribution in [0.2, 0.25) is 5.02 Å². The molecule has 0 amide bonds. The van der Waals surface area contributed by atoms with Gasteiger partial charge in [0, 0.05) is 32.4 Å². The predicted molar refractivity (Wildman–Crippen MR) is 123 cm³/mol. The van der Waals surface area contributed by atoms with Gasteiger partial charge in [-0.15, -0.1) is 0 Å². The molecular formula is C23H25ClF2N4O5. The molecule has 2 N–H and O–H groups in total. The monoisotopic (exact) mass is 510 g/mol. The summed E-state index contributed by atoms with van der Waals surface area (Å²) in [5.74, 6) is -1.06. The van der Waals surface area contributed by atoms with Gasteiger partial charge in [0.25, 0.3) is 6.01 Å². The zero-order valence-electron chi connectivity index (χ0n) is 18.9. The summed E-state index contributed by atoms with van der Waals surface area (Å²) in [6.07, 6.45) is -0.223. The van der Waals surface area contributed by atoms with Gasteiger partial charge in [-0.3, -0.25) is 0 Å². The van der Waals surface area contributed by atoms with Crippen LogP contribution in [0.4, 0.5) is 14.6 Å². The second kappa shape index (κ2) is 10.6. The maximum Gasteiger partial charge on any atom is 0.296 e. The molecule has 4 heterocycles. The molecule has 2 aliphatic rings. The first-order valence-electron chi connectivity index (χ1n) is 11.3. The fourth-order valence-corrected chi connectivity index (χ4v) is 4.42. The molecule has 0 radical (unpaired) electrons. The molecule has 0 bridgehead atoms. The van der Waals surface area contributed by atoms with Crippen LogP contribution in [-0.2, 0) is 25.5 Å². The van der Waals surface area contributed by atoms with Crippen molar-refractivity contribution < 1.29 is 32.5 Å². The van der Waals surface area contributed by atoms with Crippen LogP contribution in [0.5, 0.6) is 6.01 Å². The molecular weight excluding hydrogens is 486 g/mol. The number of nitrogens with one attached hydrogen (secondary N) is 2. The molecule has 0 aliphatic carbocycles. The Balaban J connectivity index is 1.23. The van der Waals surface area contributed by atoms with Gasteiger partial charge in [-0.05, 0) is 24.6 Å². The van der Waals surface area contributed by atoms with Gasteiger partial charge in [0.2, 0.25) is 0 Å². The average Bonchev–Trinajstić information content (AvgIpc) is 3.53. The third-order valence-electron chi connectivity index (χ3n) is 5.95. The SMILES string of the molecule is COCCCO[C@@H]1CO[C@H]2[C@@H]1OC[C@H]2Oc1nc2nc(NCc3c(F)cccc3F)c(Cl)cc2[nH]1. The number of aromatic nitrogens is 3. The number of H-pyrrole nitrogens is 1. The third kappa shape index (κ3) is 5.19. The van der Waals surface area contributed by atoms with Gasteiger partial charge < -0.3 is 34.0 Å². The molecule has 35 heavy (non-hydrogen) atoms. The topological polar surface area (TPSA) is 99.8 Å². The van der Waals surface area contributed by atoms with E-state index in [-0.39, 0.29) is 53.4 Å². The Labute approximate surface area is 205 Å². The fourth-order valence-electron chi connectivity index (χ4n) is 4.20. The predicted octanol–water partition coefficient (Wildman–Crippen LogP) is 3.47.